The number of nitrogens with zero attached hydrogens (tertiary/aromatic N) is 3. The molecule has 0 fully saturated rings. The van der Waals surface area contributed by atoms with Crippen molar-refractivity contribution in [3.63, 3.8) is 0 Å². The number of hydrogen-bond donors (Lipinski definition) is 2. The van der Waals surface area contributed by atoms with Crippen molar-refractivity contribution in [2.45, 2.75) is 20.3 Å². The molecule has 0 spiro atoms. The lowest BCUT2D eigenvalue weighted by atomic mass is 10.1. The van der Waals surface area contributed by atoms with Gasteiger partial charge in [-0.05, 0) is 30.7 Å². The first kappa shape index (κ1) is 13.4. The highest BCUT2D eigenvalue weighted by atomic mass is 32.1. The molecule has 0 atom stereocenters. The van der Waals surface area contributed by atoms with Gasteiger partial charge < -0.3 is 5.32 Å². The summed E-state index contributed by atoms with van der Waals surface area (Å²) >= 11 is 1.05. The third-order valence-corrected chi connectivity index (χ3v) is 3.02. The van der Waals surface area contributed by atoms with Crippen molar-refractivity contribution in [2.24, 2.45) is 0 Å². The van der Waals surface area contributed by atoms with E-state index in [9.17, 15) is 4.79 Å². The maximum atomic E-state index is 12.2. The van der Waals surface area contributed by atoms with E-state index in [1.807, 2.05) is 25.1 Å². The van der Waals surface area contributed by atoms with Crippen LogP contribution in [0.4, 0.5) is 10.8 Å². The second-order valence-corrected chi connectivity index (χ2v) is 4.83. The summed E-state index contributed by atoms with van der Waals surface area (Å²) in [6.07, 6.45) is 0.995. The van der Waals surface area contributed by atoms with E-state index in [-0.39, 0.29) is 5.91 Å². The quantitative estimate of drug-likeness (QED) is 0.876. The Morgan fingerprint density at radius 2 is 2.26 bits per heavy atom. The number of carbonyl (C=O) groups excluding carboxylic acids is 1. The molecule has 2 rings (SSSR count). The minimum Gasteiger partial charge on any atom is -0.384 e. The lowest BCUT2D eigenvalue weighted by molar-refractivity contribution is 0.102. The van der Waals surface area contributed by atoms with E-state index in [1.54, 1.807) is 0 Å². The van der Waals surface area contributed by atoms with Gasteiger partial charge in [-0.1, -0.05) is 28.1 Å². The molecule has 2 N–H and O–H groups in total. The van der Waals surface area contributed by atoms with Gasteiger partial charge in [-0.25, -0.2) is 0 Å². The van der Waals surface area contributed by atoms with E-state index < -0.39 is 0 Å². The largest absolute Gasteiger partial charge is 0.384 e. The second-order valence-electron chi connectivity index (χ2n) is 4.10. The molecule has 6 nitrogen and oxygen atoms in total. The summed E-state index contributed by atoms with van der Waals surface area (Å²) in [5.74, 6) is -0.208. The Morgan fingerprint density at radius 3 is 2.95 bits per heavy atom. The molecule has 1 amide bonds. The maximum Gasteiger partial charge on any atom is 0.259 e. The second kappa shape index (κ2) is 6.24. The van der Waals surface area contributed by atoms with Crippen LogP contribution < -0.4 is 10.6 Å². The first-order chi connectivity index (χ1) is 9.20. The van der Waals surface area contributed by atoms with Crippen LogP contribution in [0.25, 0.3) is 0 Å². The standard InChI is InChI=1S/C12H15N5OS/c1-3-6-13-10-5-4-8(2)7-9(10)11(18)14-12-15-16-17-19-12/h4-5,7,13H,3,6H2,1-2H3,(H,14,15,17,18). The molecule has 0 aliphatic rings. The highest BCUT2D eigenvalue weighted by Crippen LogP contribution is 2.19. The number of amides is 1. The molecule has 0 radical (unpaired) electrons. The number of nitrogens with one attached hydrogen (secondary N) is 2. The minimum atomic E-state index is -0.208. The first-order valence-electron chi connectivity index (χ1n) is 6.01. The van der Waals surface area contributed by atoms with Gasteiger partial charge in [0.25, 0.3) is 5.91 Å². The van der Waals surface area contributed by atoms with Gasteiger partial charge in [0.2, 0.25) is 5.13 Å². The monoisotopic (exact) mass is 277 g/mol. The summed E-state index contributed by atoms with van der Waals surface area (Å²) in [5.41, 5.74) is 2.45. The highest BCUT2D eigenvalue weighted by molar-refractivity contribution is 7.09. The zero-order valence-corrected chi connectivity index (χ0v) is 11.6. The number of aryl methyl sites for hydroxylation is 1. The third-order valence-electron chi connectivity index (χ3n) is 2.50. The molecule has 2 aromatic rings. The predicted octanol–water partition coefficient (Wildman–Crippen LogP) is 2.32. The Morgan fingerprint density at radius 1 is 1.42 bits per heavy atom. The number of hydrogen-bond acceptors (Lipinski definition) is 6. The molecule has 1 heterocycles. The Balaban J connectivity index is 2.21. The van der Waals surface area contributed by atoms with Crippen molar-refractivity contribution >= 4 is 28.3 Å². The molecule has 0 aliphatic heterocycles. The molecule has 1 aromatic heterocycles. The molecule has 1 aromatic carbocycles. The molecular formula is C12H15N5OS. The van der Waals surface area contributed by atoms with Gasteiger partial charge in [0.15, 0.2) is 0 Å². The lowest BCUT2D eigenvalue weighted by Gasteiger charge is -2.11. The summed E-state index contributed by atoms with van der Waals surface area (Å²) in [6, 6.07) is 5.74. The summed E-state index contributed by atoms with van der Waals surface area (Å²) in [4.78, 5) is 12.2. The number of anilines is 2. The Kier molecular flexibility index (Phi) is 4.40. The zero-order chi connectivity index (χ0) is 13.7. The molecule has 19 heavy (non-hydrogen) atoms. The predicted molar refractivity (Wildman–Crippen MR) is 75.6 cm³/mol. The van der Waals surface area contributed by atoms with Gasteiger partial charge in [0.05, 0.1) is 5.56 Å². The Bertz CT molecular complexity index is 555. The van der Waals surface area contributed by atoms with Crippen molar-refractivity contribution in [1.82, 2.24) is 14.8 Å². The molecule has 0 bridgehead atoms. The van der Waals surface area contributed by atoms with Crippen LogP contribution in [0.2, 0.25) is 0 Å². The van der Waals surface area contributed by atoms with Crippen LogP contribution in [0.1, 0.15) is 29.3 Å². The van der Waals surface area contributed by atoms with Crippen LogP contribution in [0, 0.1) is 6.92 Å². The Hall–Kier alpha value is -2.02. The number of benzene rings is 1. The van der Waals surface area contributed by atoms with Crippen molar-refractivity contribution in [2.75, 3.05) is 17.2 Å². The van der Waals surface area contributed by atoms with Crippen LogP contribution in [-0.4, -0.2) is 27.3 Å². The SMILES string of the molecule is CCCNc1ccc(C)cc1C(=O)Nc1nnns1. The van der Waals surface area contributed by atoms with E-state index in [0.29, 0.717) is 10.7 Å². The van der Waals surface area contributed by atoms with Gasteiger partial charge in [-0.3, -0.25) is 10.1 Å². The molecule has 0 saturated carbocycles. The third kappa shape index (κ3) is 3.47. The van der Waals surface area contributed by atoms with Crippen molar-refractivity contribution in [3.8, 4) is 0 Å². The van der Waals surface area contributed by atoms with Gasteiger partial charge in [-0.2, -0.15) is 0 Å². The minimum absolute atomic E-state index is 0.208. The number of carbonyl (C=O) groups is 1. The van der Waals surface area contributed by atoms with E-state index in [4.69, 9.17) is 0 Å². The van der Waals surface area contributed by atoms with Crippen LogP contribution >= 0.6 is 11.5 Å². The summed E-state index contributed by atoms with van der Waals surface area (Å²) < 4.78 is 3.61. The lowest BCUT2D eigenvalue weighted by Crippen LogP contribution is -2.15. The fourth-order valence-electron chi connectivity index (χ4n) is 1.61. The van der Waals surface area contributed by atoms with E-state index in [2.05, 4.69) is 32.4 Å². The van der Waals surface area contributed by atoms with E-state index in [1.165, 1.54) is 0 Å². The molecule has 0 unspecified atom stereocenters. The van der Waals surface area contributed by atoms with Crippen molar-refractivity contribution < 1.29 is 4.79 Å². The smallest absolute Gasteiger partial charge is 0.259 e. The molecule has 0 aliphatic carbocycles. The van der Waals surface area contributed by atoms with Crippen LogP contribution in [0.3, 0.4) is 0 Å². The van der Waals surface area contributed by atoms with Gasteiger partial charge in [-0.15, -0.1) is 0 Å². The van der Waals surface area contributed by atoms with Gasteiger partial charge >= 0.3 is 0 Å². The average Bonchev–Trinajstić information content (AvgIpc) is 2.90. The normalized spacial score (nSPS) is 10.2. The summed E-state index contributed by atoms with van der Waals surface area (Å²) in [5, 5.41) is 13.5. The number of aromatic nitrogens is 3. The van der Waals surface area contributed by atoms with E-state index in [0.717, 1.165) is 35.7 Å². The van der Waals surface area contributed by atoms with Crippen LogP contribution in [-0.2, 0) is 0 Å². The van der Waals surface area contributed by atoms with Gasteiger partial charge in [0, 0.05) is 23.8 Å². The van der Waals surface area contributed by atoms with Crippen molar-refractivity contribution in [3.05, 3.63) is 29.3 Å². The molecule has 100 valence electrons. The van der Waals surface area contributed by atoms with Gasteiger partial charge in [0.1, 0.15) is 0 Å². The topological polar surface area (TPSA) is 79.8 Å². The molecule has 0 saturated heterocycles. The van der Waals surface area contributed by atoms with Crippen molar-refractivity contribution in [1.29, 1.82) is 0 Å². The number of rotatable bonds is 5. The average molecular weight is 277 g/mol. The zero-order valence-electron chi connectivity index (χ0n) is 10.8. The summed E-state index contributed by atoms with van der Waals surface area (Å²) in [7, 11) is 0. The highest BCUT2D eigenvalue weighted by Gasteiger charge is 2.13. The van der Waals surface area contributed by atoms with E-state index >= 15 is 0 Å². The molecule has 7 heteroatoms. The van der Waals surface area contributed by atoms with Crippen LogP contribution in [0.5, 0.6) is 0 Å². The fraction of sp³-hybridized carbons (Fsp3) is 0.333. The fourth-order valence-corrected chi connectivity index (χ4v) is 1.97. The van der Waals surface area contributed by atoms with Crippen LogP contribution in [0.15, 0.2) is 18.2 Å². The Labute approximate surface area is 115 Å². The summed E-state index contributed by atoms with van der Waals surface area (Å²) in [6.45, 7) is 4.85. The first-order valence-corrected chi connectivity index (χ1v) is 6.79. The molecular weight excluding hydrogens is 262 g/mol. The maximum absolute atomic E-state index is 12.2.